The Labute approximate surface area is 112 Å². The fraction of sp³-hybridized carbons (Fsp3) is 0.250. The van der Waals surface area contributed by atoms with E-state index in [1.54, 1.807) is 6.20 Å². The van der Waals surface area contributed by atoms with Crippen LogP contribution in [0.1, 0.15) is 33.1 Å². The van der Waals surface area contributed by atoms with Gasteiger partial charge in [0.25, 0.3) is 0 Å². The van der Waals surface area contributed by atoms with Gasteiger partial charge in [0, 0.05) is 30.5 Å². The Bertz CT molecular complexity index is 604. The molecule has 0 amide bonds. The van der Waals surface area contributed by atoms with E-state index in [2.05, 4.69) is 22.4 Å². The molecule has 3 heteroatoms. The van der Waals surface area contributed by atoms with Crippen molar-refractivity contribution in [2.45, 2.75) is 19.4 Å². The molecule has 1 aliphatic heterocycles. The van der Waals surface area contributed by atoms with Gasteiger partial charge >= 0.3 is 0 Å². The standard InChI is InChI=1S/C16H16N2O/c1-11-6-7-13(9-18-11)16(19)15-10-17-8-12-4-2-3-5-14(12)15/h2-7,9,15,17H,8,10H2,1H3. The molecule has 1 aromatic carbocycles. The van der Waals surface area contributed by atoms with Crippen molar-refractivity contribution in [1.82, 2.24) is 10.3 Å². The zero-order valence-electron chi connectivity index (χ0n) is 10.9. The first kappa shape index (κ1) is 12.1. The smallest absolute Gasteiger partial charge is 0.173 e. The Hall–Kier alpha value is -2.00. The average molecular weight is 252 g/mol. The maximum atomic E-state index is 12.6. The number of nitrogens with zero attached hydrogens (tertiary/aromatic N) is 1. The van der Waals surface area contributed by atoms with Gasteiger partial charge < -0.3 is 5.32 Å². The fourth-order valence-electron chi connectivity index (χ4n) is 2.54. The Balaban J connectivity index is 1.95. The lowest BCUT2D eigenvalue weighted by atomic mass is 9.85. The molecular formula is C16H16N2O. The lowest BCUT2D eigenvalue weighted by Gasteiger charge is -2.25. The molecule has 0 saturated carbocycles. The van der Waals surface area contributed by atoms with Crippen molar-refractivity contribution in [2.75, 3.05) is 6.54 Å². The van der Waals surface area contributed by atoms with Crippen molar-refractivity contribution >= 4 is 5.78 Å². The summed E-state index contributed by atoms with van der Waals surface area (Å²) in [6.07, 6.45) is 1.68. The third-order valence-corrected chi connectivity index (χ3v) is 3.61. The van der Waals surface area contributed by atoms with Crippen LogP contribution >= 0.6 is 0 Å². The van der Waals surface area contributed by atoms with Crippen molar-refractivity contribution in [3.8, 4) is 0 Å². The molecule has 3 nitrogen and oxygen atoms in total. The van der Waals surface area contributed by atoms with Crippen LogP contribution in [0.4, 0.5) is 0 Å². The number of aromatic nitrogens is 1. The maximum Gasteiger partial charge on any atom is 0.173 e. The number of ketones is 1. The normalized spacial score (nSPS) is 17.8. The van der Waals surface area contributed by atoms with Gasteiger partial charge in [0.15, 0.2) is 5.78 Å². The van der Waals surface area contributed by atoms with E-state index in [-0.39, 0.29) is 11.7 Å². The second kappa shape index (κ2) is 4.94. The number of carbonyl (C=O) groups is 1. The highest BCUT2D eigenvalue weighted by molar-refractivity contribution is 6.01. The van der Waals surface area contributed by atoms with Gasteiger partial charge in [-0.05, 0) is 30.2 Å². The Morgan fingerprint density at radius 2 is 2.11 bits per heavy atom. The molecule has 19 heavy (non-hydrogen) atoms. The minimum atomic E-state index is -0.102. The van der Waals surface area contributed by atoms with Gasteiger partial charge in [0.1, 0.15) is 0 Å². The molecule has 2 aromatic rings. The van der Waals surface area contributed by atoms with Crippen molar-refractivity contribution in [2.24, 2.45) is 0 Å². The van der Waals surface area contributed by atoms with E-state index in [1.165, 1.54) is 5.56 Å². The molecule has 1 N–H and O–H groups in total. The topological polar surface area (TPSA) is 42.0 Å². The average Bonchev–Trinajstić information content (AvgIpc) is 2.47. The number of hydrogen-bond acceptors (Lipinski definition) is 3. The molecule has 0 fully saturated rings. The van der Waals surface area contributed by atoms with Crippen LogP contribution in [0.25, 0.3) is 0 Å². The summed E-state index contributed by atoms with van der Waals surface area (Å²) in [5.74, 6) is 0.0432. The zero-order valence-corrected chi connectivity index (χ0v) is 10.9. The number of pyridine rings is 1. The highest BCUT2D eigenvalue weighted by atomic mass is 16.1. The highest BCUT2D eigenvalue weighted by Gasteiger charge is 2.26. The summed E-state index contributed by atoms with van der Waals surface area (Å²) in [7, 11) is 0. The van der Waals surface area contributed by atoms with E-state index >= 15 is 0 Å². The van der Waals surface area contributed by atoms with E-state index < -0.39 is 0 Å². The summed E-state index contributed by atoms with van der Waals surface area (Å²) >= 11 is 0. The van der Waals surface area contributed by atoms with E-state index in [9.17, 15) is 4.79 Å². The van der Waals surface area contributed by atoms with Crippen LogP contribution in [0.3, 0.4) is 0 Å². The molecule has 1 atom stereocenters. The predicted molar refractivity (Wildman–Crippen MR) is 74.2 cm³/mol. The lowest BCUT2D eigenvalue weighted by Crippen LogP contribution is -2.32. The summed E-state index contributed by atoms with van der Waals surface area (Å²) in [5, 5.41) is 3.31. The first-order valence-electron chi connectivity index (χ1n) is 6.51. The van der Waals surface area contributed by atoms with E-state index in [0.717, 1.165) is 17.8 Å². The first-order valence-corrected chi connectivity index (χ1v) is 6.51. The molecule has 3 rings (SSSR count). The molecule has 0 saturated heterocycles. The summed E-state index contributed by atoms with van der Waals surface area (Å²) in [6, 6.07) is 11.9. The number of nitrogens with one attached hydrogen (secondary N) is 1. The second-order valence-electron chi connectivity index (χ2n) is 4.93. The van der Waals surface area contributed by atoms with Crippen molar-refractivity contribution in [1.29, 1.82) is 0 Å². The number of hydrogen-bond donors (Lipinski definition) is 1. The van der Waals surface area contributed by atoms with Crippen LogP contribution in [0.2, 0.25) is 0 Å². The second-order valence-corrected chi connectivity index (χ2v) is 4.93. The van der Waals surface area contributed by atoms with Crippen LogP contribution in [0, 0.1) is 6.92 Å². The number of fused-ring (bicyclic) bond motifs is 1. The number of rotatable bonds is 2. The third kappa shape index (κ3) is 2.29. The summed E-state index contributed by atoms with van der Waals surface area (Å²) in [4.78, 5) is 16.8. The SMILES string of the molecule is Cc1ccc(C(=O)C2CNCc3ccccc32)cn1. The summed E-state index contributed by atoms with van der Waals surface area (Å²) < 4.78 is 0. The number of benzene rings is 1. The predicted octanol–water partition coefficient (Wildman–Crippen LogP) is 2.46. The summed E-state index contributed by atoms with van der Waals surface area (Å²) in [5.41, 5.74) is 3.98. The van der Waals surface area contributed by atoms with Crippen LogP contribution in [0.5, 0.6) is 0 Å². The highest BCUT2D eigenvalue weighted by Crippen LogP contribution is 2.26. The maximum absolute atomic E-state index is 12.6. The first-order chi connectivity index (χ1) is 9.25. The van der Waals surface area contributed by atoms with Crippen LogP contribution < -0.4 is 5.32 Å². The summed E-state index contributed by atoms with van der Waals surface area (Å²) in [6.45, 7) is 3.46. The van der Waals surface area contributed by atoms with Crippen LogP contribution in [-0.2, 0) is 6.54 Å². The number of carbonyl (C=O) groups excluding carboxylic acids is 1. The van der Waals surface area contributed by atoms with Crippen LogP contribution in [-0.4, -0.2) is 17.3 Å². The van der Waals surface area contributed by atoms with Gasteiger partial charge in [-0.2, -0.15) is 0 Å². The quantitative estimate of drug-likeness (QED) is 0.835. The molecule has 2 heterocycles. The minimum Gasteiger partial charge on any atom is -0.312 e. The van der Waals surface area contributed by atoms with Gasteiger partial charge in [0.05, 0.1) is 5.92 Å². The number of Topliss-reactive ketones (excluding diaryl/α,β-unsaturated/α-hetero) is 1. The Kier molecular flexibility index (Phi) is 3.13. The van der Waals surface area contributed by atoms with Gasteiger partial charge in [0.2, 0.25) is 0 Å². The Morgan fingerprint density at radius 3 is 2.89 bits per heavy atom. The van der Waals surface area contributed by atoms with E-state index in [1.807, 2.05) is 31.2 Å². The molecular weight excluding hydrogens is 236 g/mol. The zero-order chi connectivity index (χ0) is 13.2. The monoisotopic (exact) mass is 252 g/mol. The Morgan fingerprint density at radius 1 is 1.26 bits per heavy atom. The minimum absolute atomic E-state index is 0.102. The van der Waals surface area contributed by atoms with Gasteiger partial charge in [-0.1, -0.05) is 24.3 Å². The molecule has 0 bridgehead atoms. The number of aryl methyl sites for hydroxylation is 1. The molecule has 1 unspecified atom stereocenters. The molecule has 0 aliphatic carbocycles. The lowest BCUT2D eigenvalue weighted by molar-refractivity contribution is 0.0954. The van der Waals surface area contributed by atoms with Gasteiger partial charge in [-0.25, -0.2) is 0 Å². The van der Waals surface area contributed by atoms with Crippen molar-refractivity contribution in [3.63, 3.8) is 0 Å². The molecule has 96 valence electrons. The van der Waals surface area contributed by atoms with Crippen LogP contribution in [0.15, 0.2) is 42.6 Å². The largest absolute Gasteiger partial charge is 0.312 e. The molecule has 1 aromatic heterocycles. The van der Waals surface area contributed by atoms with Gasteiger partial charge in [-0.15, -0.1) is 0 Å². The molecule has 0 radical (unpaired) electrons. The van der Waals surface area contributed by atoms with Crippen molar-refractivity contribution in [3.05, 3.63) is 65.0 Å². The van der Waals surface area contributed by atoms with Gasteiger partial charge in [-0.3, -0.25) is 9.78 Å². The third-order valence-electron chi connectivity index (χ3n) is 3.61. The van der Waals surface area contributed by atoms with E-state index in [0.29, 0.717) is 12.1 Å². The molecule has 0 spiro atoms. The fourth-order valence-corrected chi connectivity index (χ4v) is 2.54. The molecule has 1 aliphatic rings. The van der Waals surface area contributed by atoms with E-state index in [4.69, 9.17) is 0 Å². The van der Waals surface area contributed by atoms with Crippen molar-refractivity contribution < 1.29 is 4.79 Å².